The zero-order valence-electron chi connectivity index (χ0n) is 15.2. The standard InChI is InChI=1S/C16H32N4O2S.HI/c1-4-17-15(19-14(2)11-21-3)18-12-16(5-10-23-13-16)20-6-8-22-9-7-20;/h14H,4-13H2,1-3H3,(H2,17,18,19);1H. The van der Waals surface area contributed by atoms with Crippen molar-refractivity contribution in [1.29, 1.82) is 0 Å². The molecular formula is C16H33IN4O2S. The maximum absolute atomic E-state index is 5.53. The number of morpholine rings is 1. The fraction of sp³-hybridized carbons (Fsp3) is 0.938. The Kier molecular flexibility index (Phi) is 10.9. The van der Waals surface area contributed by atoms with Crippen LogP contribution in [0.1, 0.15) is 20.3 Å². The second-order valence-electron chi connectivity index (χ2n) is 6.32. The Balaban J connectivity index is 0.00000288. The van der Waals surface area contributed by atoms with Crippen molar-refractivity contribution >= 4 is 41.7 Å². The first-order chi connectivity index (χ1) is 11.2. The molecule has 0 aromatic carbocycles. The summed E-state index contributed by atoms with van der Waals surface area (Å²) in [5.74, 6) is 3.29. The van der Waals surface area contributed by atoms with Gasteiger partial charge in [-0.1, -0.05) is 0 Å². The van der Waals surface area contributed by atoms with E-state index < -0.39 is 0 Å². The number of rotatable bonds is 7. The SMILES string of the molecule is CCNC(=NCC1(N2CCOCC2)CCSC1)NC(C)COC.I. The predicted molar refractivity (Wildman–Crippen MR) is 113 cm³/mol. The van der Waals surface area contributed by atoms with Crippen molar-refractivity contribution in [3.05, 3.63) is 0 Å². The predicted octanol–water partition coefficient (Wildman–Crippen LogP) is 1.40. The van der Waals surface area contributed by atoms with Crippen LogP contribution >= 0.6 is 35.7 Å². The fourth-order valence-corrected chi connectivity index (χ4v) is 4.65. The molecule has 8 heteroatoms. The highest BCUT2D eigenvalue weighted by Crippen LogP contribution is 2.34. The van der Waals surface area contributed by atoms with Crippen molar-refractivity contribution in [2.75, 3.05) is 64.6 Å². The average molecular weight is 472 g/mol. The van der Waals surface area contributed by atoms with Gasteiger partial charge < -0.3 is 20.1 Å². The van der Waals surface area contributed by atoms with Gasteiger partial charge in [-0.15, -0.1) is 24.0 Å². The molecular weight excluding hydrogens is 439 g/mol. The number of ether oxygens (including phenoxy) is 2. The van der Waals surface area contributed by atoms with Gasteiger partial charge >= 0.3 is 0 Å². The van der Waals surface area contributed by atoms with Crippen molar-refractivity contribution in [2.45, 2.75) is 31.8 Å². The Morgan fingerprint density at radius 2 is 2.17 bits per heavy atom. The molecule has 2 aliphatic rings. The minimum atomic E-state index is 0. The van der Waals surface area contributed by atoms with Crippen molar-refractivity contribution in [3.63, 3.8) is 0 Å². The first-order valence-corrected chi connectivity index (χ1v) is 9.80. The molecule has 0 spiro atoms. The molecule has 6 nitrogen and oxygen atoms in total. The minimum absolute atomic E-state index is 0. The highest BCUT2D eigenvalue weighted by molar-refractivity contribution is 14.0. The first-order valence-electron chi connectivity index (χ1n) is 8.64. The van der Waals surface area contributed by atoms with Crippen LogP contribution in [0.5, 0.6) is 0 Å². The van der Waals surface area contributed by atoms with Gasteiger partial charge in [-0.2, -0.15) is 11.8 Å². The number of thioether (sulfide) groups is 1. The summed E-state index contributed by atoms with van der Waals surface area (Å²) >= 11 is 2.05. The van der Waals surface area contributed by atoms with Gasteiger partial charge in [-0.05, 0) is 26.0 Å². The summed E-state index contributed by atoms with van der Waals surface area (Å²) in [5.41, 5.74) is 0.196. The maximum Gasteiger partial charge on any atom is 0.191 e. The van der Waals surface area contributed by atoms with Gasteiger partial charge in [-0.25, -0.2) is 0 Å². The van der Waals surface area contributed by atoms with Crippen LogP contribution in [0.15, 0.2) is 4.99 Å². The number of nitrogens with one attached hydrogen (secondary N) is 2. The van der Waals surface area contributed by atoms with Gasteiger partial charge in [0.05, 0.1) is 31.9 Å². The van der Waals surface area contributed by atoms with E-state index in [1.165, 1.54) is 17.9 Å². The van der Waals surface area contributed by atoms with Crippen LogP contribution in [0.4, 0.5) is 0 Å². The normalized spacial score (nSPS) is 26.7. The Bertz CT molecular complexity index is 375. The van der Waals surface area contributed by atoms with Gasteiger partial charge in [0.1, 0.15) is 0 Å². The second-order valence-corrected chi connectivity index (χ2v) is 7.43. The molecule has 2 heterocycles. The van der Waals surface area contributed by atoms with Crippen LogP contribution in [-0.2, 0) is 9.47 Å². The van der Waals surface area contributed by atoms with Crippen molar-refractivity contribution in [2.24, 2.45) is 4.99 Å². The molecule has 2 fully saturated rings. The van der Waals surface area contributed by atoms with E-state index in [2.05, 4.69) is 29.4 Å². The lowest BCUT2D eigenvalue weighted by atomic mass is 9.96. The lowest BCUT2D eigenvalue weighted by Gasteiger charge is -2.42. The summed E-state index contributed by atoms with van der Waals surface area (Å²) in [4.78, 5) is 7.51. The van der Waals surface area contributed by atoms with E-state index in [4.69, 9.17) is 14.5 Å². The molecule has 2 N–H and O–H groups in total. The third-order valence-electron chi connectivity index (χ3n) is 4.44. The third kappa shape index (κ3) is 6.51. The smallest absolute Gasteiger partial charge is 0.191 e. The average Bonchev–Trinajstić information content (AvgIpc) is 3.04. The number of nitrogens with zero attached hydrogens (tertiary/aromatic N) is 2. The molecule has 2 aliphatic heterocycles. The summed E-state index contributed by atoms with van der Waals surface area (Å²) < 4.78 is 10.7. The molecule has 0 radical (unpaired) electrons. The van der Waals surface area contributed by atoms with Crippen molar-refractivity contribution in [1.82, 2.24) is 15.5 Å². The molecule has 0 saturated carbocycles. The van der Waals surface area contributed by atoms with E-state index >= 15 is 0 Å². The molecule has 2 unspecified atom stereocenters. The van der Waals surface area contributed by atoms with Crippen LogP contribution < -0.4 is 10.6 Å². The van der Waals surface area contributed by atoms with Gasteiger partial charge in [-0.3, -0.25) is 9.89 Å². The Morgan fingerprint density at radius 1 is 1.42 bits per heavy atom. The number of hydrogen-bond acceptors (Lipinski definition) is 5. The minimum Gasteiger partial charge on any atom is -0.383 e. The van der Waals surface area contributed by atoms with Gasteiger partial charge in [0.2, 0.25) is 0 Å². The number of aliphatic imine (C=N–C) groups is 1. The summed E-state index contributed by atoms with van der Waals surface area (Å²) in [5, 5.41) is 6.78. The summed E-state index contributed by atoms with van der Waals surface area (Å²) in [6.45, 7) is 10.3. The molecule has 2 atom stereocenters. The molecule has 0 aliphatic carbocycles. The number of hydrogen-bond donors (Lipinski definition) is 2. The summed E-state index contributed by atoms with van der Waals surface area (Å²) in [7, 11) is 1.73. The quantitative estimate of drug-likeness (QED) is 0.332. The Hall–Kier alpha value is 0.230. The molecule has 2 saturated heterocycles. The fourth-order valence-electron chi connectivity index (χ4n) is 3.18. The van der Waals surface area contributed by atoms with Crippen LogP contribution in [0.2, 0.25) is 0 Å². The maximum atomic E-state index is 5.53. The van der Waals surface area contributed by atoms with Crippen molar-refractivity contribution < 1.29 is 9.47 Å². The molecule has 0 amide bonds. The summed E-state index contributed by atoms with van der Waals surface area (Å²) in [6.07, 6.45) is 1.22. The lowest BCUT2D eigenvalue weighted by Crippen LogP contribution is -2.56. The lowest BCUT2D eigenvalue weighted by molar-refractivity contribution is -0.0104. The second kappa shape index (κ2) is 11.8. The zero-order chi connectivity index (χ0) is 16.5. The molecule has 24 heavy (non-hydrogen) atoms. The molecule has 142 valence electrons. The van der Waals surface area contributed by atoms with E-state index in [0.717, 1.165) is 45.4 Å². The Labute approximate surface area is 167 Å². The van der Waals surface area contributed by atoms with E-state index in [0.29, 0.717) is 6.61 Å². The van der Waals surface area contributed by atoms with Crippen LogP contribution in [0, 0.1) is 0 Å². The Morgan fingerprint density at radius 3 is 2.75 bits per heavy atom. The van der Waals surface area contributed by atoms with Crippen LogP contribution in [0.25, 0.3) is 0 Å². The molecule has 0 aromatic rings. The van der Waals surface area contributed by atoms with Gasteiger partial charge in [0.25, 0.3) is 0 Å². The molecule has 2 rings (SSSR count). The molecule has 0 aromatic heterocycles. The van der Waals surface area contributed by atoms with E-state index in [-0.39, 0.29) is 35.6 Å². The summed E-state index contributed by atoms with van der Waals surface area (Å²) in [6, 6.07) is 0.245. The van der Waals surface area contributed by atoms with E-state index in [9.17, 15) is 0 Å². The topological polar surface area (TPSA) is 58.1 Å². The van der Waals surface area contributed by atoms with E-state index in [1.54, 1.807) is 7.11 Å². The van der Waals surface area contributed by atoms with E-state index in [1.807, 2.05) is 11.8 Å². The van der Waals surface area contributed by atoms with Crippen molar-refractivity contribution in [3.8, 4) is 0 Å². The molecule has 0 bridgehead atoms. The third-order valence-corrected chi connectivity index (χ3v) is 5.67. The van der Waals surface area contributed by atoms with Crippen LogP contribution in [0.3, 0.4) is 0 Å². The first kappa shape index (κ1) is 22.3. The van der Waals surface area contributed by atoms with Crippen LogP contribution in [-0.4, -0.2) is 87.1 Å². The van der Waals surface area contributed by atoms with Gasteiger partial charge in [0.15, 0.2) is 5.96 Å². The number of halogens is 1. The number of guanidine groups is 1. The zero-order valence-corrected chi connectivity index (χ0v) is 18.3. The largest absolute Gasteiger partial charge is 0.383 e. The highest BCUT2D eigenvalue weighted by Gasteiger charge is 2.40. The number of methoxy groups -OCH3 is 1. The monoisotopic (exact) mass is 472 g/mol. The highest BCUT2D eigenvalue weighted by atomic mass is 127. The van der Waals surface area contributed by atoms with Gasteiger partial charge in [0, 0.05) is 38.5 Å².